The summed E-state index contributed by atoms with van der Waals surface area (Å²) >= 11 is 5.27. The van der Waals surface area contributed by atoms with Gasteiger partial charge in [0.25, 0.3) is 0 Å². The lowest BCUT2D eigenvalue weighted by Gasteiger charge is -2.12. The molecule has 0 fully saturated rings. The maximum absolute atomic E-state index is 5.87. The quantitative estimate of drug-likeness (QED) is 0.315. The zero-order valence-corrected chi connectivity index (χ0v) is 17.6. The summed E-state index contributed by atoms with van der Waals surface area (Å²) in [6.45, 7) is 0.467. The number of hydrazone groups is 1. The number of ether oxygens (including phenoxy) is 3. The van der Waals surface area contributed by atoms with Crippen LogP contribution in [0, 0.1) is 0 Å². The molecule has 0 aliphatic rings. The van der Waals surface area contributed by atoms with Crippen LogP contribution in [0.4, 0.5) is 5.69 Å². The van der Waals surface area contributed by atoms with E-state index in [-0.39, 0.29) is 0 Å². The second kappa shape index (κ2) is 10.8. The summed E-state index contributed by atoms with van der Waals surface area (Å²) in [6.07, 6.45) is 1.65. The Morgan fingerprint density at radius 1 is 0.900 bits per heavy atom. The fraction of sp³-hybridized carbons (Fsp3) is 0.130. The highest BCUT2D eigenvalue weighted by atomic mass is 32.1. The summed E-state index contributed by atoms with van der Waals surface area (Å²) in [5.41, 5.74) is 5.48. The molecule has 3 aromatic carbocycles. The predicted octanol–water partition coefficient (Wildman–Crippen LogP) is 4.60. The third-order valence-corrected chi connectivity index (χ3v) is 4.35. The number of hydrogen-bond donors (Lipinski definition) is 2. The fourth-order valence-electron chi connectivity index (χ4n) is 2.68. The van der Waals surface area contributed by atoms with Crippen molar-refractivity contribution < 1.29 is 14.2 Å². The van der Waals surface area contributed by atoms with E-state index in [0.717, 1.165) is 16.8 Å². The molecule has 30 heavy (non-hydrogen) atoms. The minimum Gasteiger partial charge on any atom is -0.495 e. The van der Waals surface area contributed by atoms with Gasteiger partial charge in [-0.25, -0.2) is 0 Å². The molecule has 7 heteroatoms. The number of benzene rings is 3. The first-order chi connectivity index (χ1) is 14.7. The lowest BCUT2D eigenvalue weighted by molar-refractivity contribution is 0.284. The predicted molar refractivity (Wildman–Crippen MR) is 124 cm³/mol. The highest BCUT2D eigenvalue weighted by Gasteiger charge is 2.06. The maximum atomic E-state index is 5.87. The summed E-state index contributed by atoms with van der Waals surface area (Å²) in [6, 6.07) is 23.1. The summed E-state index contributed by atoms with van der Waals surface area (Å²) in [4.78, 5) is 0. The molecule has 0 spiro atoms. The molecule has 0 heterocycles. The zero-order valence-electron chi connectivity index (χ0n) is 16.8. The van der Waals surface area contributed by atoms with Gasteiger partial charge < -0.3 is 19.5 Å². The van der Waals surface area contributed by atoms with Crippen molar-refractivity contribution in [2.24, 2.45) is 5.10 Å². The van der Waals surface area contributed by atoms with Gasteiger partial charge in [0.15, 0.2) is 16.6 Å². The SMILES string of the molecule is COc1ccccc1NC(=S)N/N=C\c1ccc(OCc2ccccc2)c(OC)c1. The number of rotatable bonds is 8. The number of para-hydroxylation sites is 2. The normalized spacial score (nSPS) is 10.5. The summed E-state index contributed by atoms with van der Waals surface area (Å²) in [5.74, 6) is 1.99. The maximum Gasteiger partial charge on any atom is 0.191 e. The molecular weight excluding hydrogens is 398 g/mol. The molecule has 0 saturated carbocycles. The van der Waals surface area contributed by atoms with Crippen molar-refractivity contribution in [3.8, 4) is 17.2 Å². The van der Waals surface area contributed by atoms with Crippen LogP contribution in [0.25, 0.3) is 0 Å². The number of thiocarbonyl (C=S) groups is 1. The van der Waals surface area contributed by atoms with Gasteiger partial charge in [0.2, 0.25) is 0 Å². The lowest BCUT2D eigenvalue weighted by atomic mass is 10.2. The van der Waals surface area contributed by atoms with Crippen molar-refractivity contribution in [2.75, 3.05) is 19.5 Å². The molecule has 154 valence electrons. The van der Waals surface area contributed by atoms with Gasteiger partial charge in [-0.3, -0.25) is 5.43 Å². The average Bonchev–Trinajstić information content (AvgIpc) is 2.79. The van der Waals surface area contributed by atoms with Crippen LogP contribution in [0.1, 0.15) is 11.1 Å². The molecule has 0 atom stereocenters. The van der Waals surface area contributed by atoms with E-state index in [1.54, 1.807) is 20.4 Å². The van der Waals surface area contributed by atoms with Crippen LogP contribution >= 0.6 is 12.2 Å². The average molecular weight is 422 g/mol. The molecule has 3 rings (SSSR count). The van der Waals surface area contributed by atoms with Gasteiger partial charge >= 0.3 is 0 Å². The second-order valence-electron chi connectivity index (χ2n) is 6.21. The smallest absolute Gasteiger partial charge is 0.191 e. The van der Waals surface area contributed by atoms with Crippen LogP contribution in [-0.4, -0.2) is 25.5 Å². The highest BCUT2D eigenvalue weighted by molar-refractivity contribution is 7.80. The zero-order chi connectivity index (χ0) is 21.2. The van der Waals surface area contributed by atoms with Gasteiger partial charge in [-0.1, -0.05) is 42.5 Å². The molecule has 0 bridgehead atoms. The molecule has 0 aromatic heterocycles. The van der Waals surface area contributed by atoms with E-state index < -0.39 is 0 Å². The van der Waals surface area contributed by atoms with E-state index in [1.165, 1.54) is 0 Å². The van der Waals surface area contributed by atoms with Gasteiger partial charge in [0.05, 0.1) is 26.1 Å². The topological polar surface area (TPSA) is 64.1 Å². The van der Waals surface area contributed by atoms with Crippen molar-refractivity contribution in [1.29, 1.82) is 0 Å². The number of nitrogens with one attached hydrogen (secondary N) is 2. The van der Waals surface area contributed by atoms with Crippen LogP contribution < -0.4 is 25.0 Å². The molecule has 0 saturated heterocycles. The van der Waals surface area contributed by atoms with Crippen molar-refractivity contribution in [1.82, 2.24) is 5.43 Å². The largest absolute Gasteiger partial charge is 0.495 e. The Morgan fingerprint density at radius 2 is 1.63 bits per heavy atom. The first-order valence-electron chi connectivity index (χ1n) is 9.27. The van der Waals surface area contributed by atoms with Gasteiger partial charge in [0, 0.05) is 0 Å². The Balaban J connectivity index is 1.58. The van der Waals surface area contributed by atoms with Crippen LogP contribution in [0.3, 0.4) is 0 Å². The van der Waals surface area contributed by atoms with Gasteiger partial charge in [-0.15, -0.1) is 0 Å². The third-order valence-electron chi connectivity index (χ3n) is 4.16. The lowest BCUT2D eigenvalue weighted by Crippen LogP contribution is -2.24. The first-order valence-corrected chi connectivity index (χ1v) is 9.68. The van der Waals surface area contributed by atoms with Gasteiger partial charge in [-0.05, 0) is 53.7 Å². The molecule has 3 aromatic rings. The molecule has 0 aliphatic heterocycles. The standard InChI is InChI=1S/C23H23N3O3S/c1-27-20-11-7-6-10-19(20)25-23(30)26-24-15-18-12-13-21(22(14-18)28-2)29-16-17-8-4-3-5-9-17/h3-15H,16H2,1-2H3,(H2,25,26,30)/b24-15-. The van der Waals surface area contributed by atoms with Gasteiger partial charge in [-0.2, -0.15) is 5.10 Å². The highest BCUT2D eigenvalue weighted by Crippen LogP contribution is 2.28. The second-order valence-corrected chi connectivity index (χ2v) is 6.62. The van der Waals surface area contributed by atoms with Crippen molar-refractivity contribution >= 4 is 29.2 Å². The summed E-state index contributed by atoms with van der Waals surface area (Å²) in [7, 11) is 3.21. The molecule has 0 aliphatic carbocycles. The number of hydrogen-bond acceptors (Lipinski definition) is 5. The fourth-order valence-corrected chi connectivity index (χ4v) is 2.85. The Labute approximate surface area is 181 Å². The Hall–Kier alpha value is -3.58. The van der Waals surface area contributed by atoms with Crippen LogP contribution in [0.2, 0.25) is 0 Å². The van der Waals surface area contributed by atoms with E-state index in [2.05, 4.69) is 15.8 Å². The van der Waals surface area contributed by atoms with E-state index in [0.29, 0.717) is 29.0 Å². The Bertz CT molecular complexity index is 1010. The Kier molecular flexibility index (Phi) is 7.63. The molecule has 2 N–H and O–H groups in total. The van der Waals surface area contributed by atoms with Crippen molar-refractivity contribution in [3.05, 3.63) is 83.9 Å². The Morgan fingerprint density at radius 3 is 2.40 bits per heavy atom. The molecule has 0 unspecified atom stereocenters. The minimum absolute atomic E-state index is 0.352. The van der Waals surface area contributed by atoms with Crippen LogP contribution in [-0.2, 0) is 6.61 Å². The minimum atomic E-state index is 0.352. The summed E-state index contributed by atoms with van der Waals surface area (Å²) in [5, 5.41) is 7.58. The van der Waals surface area contributed by atoms with Crippen molar-refractivity contribution in [3.63, 3.8) is 0 Å². The van der Waals surface area contributed by atoms with E-state index in [4.69, 9.17) is 26.4 Å². The number of methoxy groups -OCH3 is 2. The van der Waals surface area contributed by atoms with Crippen LogP contribution in [0.5, 0.6) is 17.2 Å². The summed E-state index contributed by atoms with van der Waals surface area (Å²) < 4.78 is 16.6. The number of nitrogens with zero attached hydrogens (tertiary/aromatic N) is 1. The third kappa shape index (κ3) is 5.96. The van der Waals surface area contributed by atoms with E-state index >= 15 is 0 Å². The number of anilines is 1. The van der Waals surface area contributed by atoms with Crippen molar-refractivity contribution in [2.45, 2.75) is 6.61 Å². The molecule has 0 radical (unpaired) electrons. The van der Waals surface area contributed by atoms with E-state index in [1.807, 2.05) is 72.8 Å². The molecule has 6 nitrogen and oxygen atoms in total. The first kappa shape index (κ1) is 21.1. The monoisotopic (exact) mass is 421 g/mol. The van der Waals surface area contributed by atoms with E-state index in [9.17, 15) is 0 Å². The molecular formula is C23H23N3O3S. The molecule has 0 amide bonds. The van der Waals surface area contributed by atoms with Crippen LogP contribution in [0.15, 0.2) is 77.9 Å². The van der Waals surface area contributed by atoms with Gasteiger partial charge in [0.1, 0.15) is 12.4 Å².